The van der Waals surface area contributed by atoms with Crippen molar-refractivity contribution >= 4 is 22.9 Å². The van der Waals surface area contributed by atoms with Crippen LogP contribution >= 0.6 is 11.3 Å². The van der Waals surface area contributed by atoms with Crippen molar-refractivity contribution in [3.8, 4) is 0 Å². The summed E-state index contributed by atoms with van der Waals surface area (Å²) in [7, 11) is 0. The molecule has 7 heteroatoms. The van der Waals surface area contributed by atoms with E-state index in [1.54, 1.807) is 18.7 Å². The van der Waals surface area contributed by atoms with Crippen molar-refractivity contribution in [2.45, 2.75) is 26.4 Å². The Kier molecular flexibility index (Phi) is 3.86. The van der Waals surface area contributed by atoms with Crippen LogP contribution in [0.1, 0.15) is 27.9 Å². The molecule has 1 fully saturated rings. The van der Waals surface area contributed by atoms with Crippen LogP contribution in [-0.4, -0.2) is 40.0 Å². The van der Waals surface area contributed by atoms with Gasteiger partial charge in [-0.25, -0.2) is 0 Å². The maximum atomic E-state index is 12.2. The Morgan fingerprint density at radius 3 is 2.84 bits per heavy atom. The zero-order valence-corrected chi connectivity index (χ0v) is 11.6. The third-order valence-electron chi connectivity index (χ3n) is 3.49. The van der Waals surface area contributed by atoms with Crippen LogP contribution in [-0.2, 0) is 0 Å². The molecule has 0 bridgehead atoms. The molecule has 1 amide bonds. The minimum Gasteiger partial charge on any atom is -0.393 e. The number of nitrogens with zero attached hydrogens (tertiary/aromatic N) is 2. The second kappa shape index (κ2) is 5.26. The summed E-state index contributed by atoms with van der Waals surface area (Å²) in [5.74, 6) is -0.0793. The summed E-state index contributed by atoms with van der Waals surface area (Å²) in [6, 6.07) is 1.35. The van der Waals surface area contributed by atoms with E-state index >= 15 is 0 Å². The first-order valence-electron chi connectivity index (χ1n) is 6.12. The van der Waals surface area contributed by atoms with E-state index in [1.807, 2.05) is 0 Å². The maximum absolute atomic E-state index is 12.2. The number of carbonyl (C=O) groups excluding carboxylic acids is 1. The molecule has 1 N–H and O–H groups in total. The second-order valence-corrected chi connectivity index (χ2v) is 6.11. The highest BCUT2D eigenvalue weighted by atomic mass is 32.1. The zero-order chi connectivity index (χ0) is 14.2. The van der Waals surface area contributed by atoms with Gasteiger partial charge in [-0.1, -0.05) is 0 Å². The van der Waals surface area contributed by atoms with Crippen molar-refractivity contribution in [2.24, 2.45) is 5.92 Å². The van der Waals surface area contributed by atoms with Crippen LogP contribution in [0.3, 0.4) is 0 Å². The van der Waals surface area contributed by atoms with E-state index in [0.717, 1.165) is 17.8 Å². The molecule has 2 atom stereocenters. The number of rotatable bonds is 3. The number of thiophene rings is 1. The molecule has 6 nitrogen and oxygen atoms in total. The fourth-order valence-corrected chi connectivity index (χ4v) is 3.24. The fraction of sp³-hybridized carbons (Fsp3) is 0.583. The van der Waals surface area contributed by atoms with Crippen LogP contribution in [0.2, 0.25) is 0 Å². The quantitative estimate of drug-likeness (QED) is 0.677. The lowest BCUT2D eigenvalue weighted by atomic mass is 10.0. The first-order chi connectivity index (χ1) is 8.90. The van der Waals surface area contributed by atoms with Gasteiger partial charge in [-0.2, -0.15) is 0 Å². The Morgan fingerprint density at radius 1 is 1.68 bits per heavy atom. The van der Waals surface area contributed by atoms with Gasteiger partial charge in [0.05, 0.1) is 20.8 Å². The van der Waals surface area contributed by atoms with Crippen LogP contribution in [0.15, 0.2) is 6.07 Å². The molecule has 0 aromatic carbocycles. The largest absolute Gasteiger partial charge is 0.393 e. The Balaban J connectivity index is 2.13. The van der Waals surface area contributed by atoms with Gasteiger partial charge < -0.3 is 10.0 Å². The summed E-state index contributed by atoms with van der Waals surface area (Å²) in [6.07, 6.45) is 0.341. The number of carbonyl (C=O) groups is 1. The molecule has 104 valence electrons. The lowest BCUT2D eigenvalue weighted by Gasteiger charge is -2.16. The average molecular weight is 284 g/mol. The summed E-state index contributed by atoms with van der Waals surface area (Å²) >= 11 is 1.15. The molecule has 0 aliphatic carbocycles. The Bertz CT molecular complexity index is 512. The first kappa shape index (κ1) is 14.0. The summed E-state index contributed by atoms with van der Waals surface area (Å²) < 4.78 is 0. The zero-order valence-electron chi connectivity index (χ0n) is 10.8. The summed E-state index contributed by atoms with van der Waals surface area (Å²) in [5, 5.41) is 20.3. The van der Waals surface area contributed by atoms with Gasteiger partial charge in [-0.3, -0.25) is 14.9 Å². The van der Waals surface area contributed by atoms with Crippen LogP contribution in [0.5, 0.6) is 0 Å². The lowest BCUT2D eigenvalue weighted by molar-refractivity contribution is -0.385. The van der Waals surface area contributed by atoms with E-state index in [2.05, 4.69) is 0 Å². The van der Waals surface area contributed by atoms with Crippen molar-refractivity contribution in [1.29, 1.82) is 0 Å². The van der Waals surface area contributed by atoms with E-state index in [4.69, 9.17) is 0 Å². The number of likely N-dealkylation sites (tertiary alicyclic amines) is 1. The number of amides is 1. The van der Waals surface area contributed by atoms with Gasteiger partial charge in [-0.15, -0.1) is 11.3 Å². The smallest absolute Gasteiger partial charge is 0.283 e. The van der Waals surface area contributed by atoms with Gasteiger partial charge >= 0.3 is 0 Å². The SMILES string of the molecule is Cc1sc(C(=O)N2CCC(C(C)O)C2)cc1[N+](=O)[O-]. The van der Waals surface area contributed by atoms with Crippen LogP contribution in [0.25, 0.3) is 0 Å². The van der Waals surface area contributed by atoms with Gasteiger partial charge in [0, 0.05) is 25.1 Å². The van der Waals surface area contributed by atoms with E-state index < -0.39 is 11.0 Å². The average Bonchev–Trinajstić information content (AvgIpc) is 2.94. The lowest BCUT2D eigenvalue weighted by Crippen LogP contribution is -2.29. The molecule has 1 aromatic heterocycles. The number of nitro groups is 1. The normalized spacial score (nSPS) is 20.6. The highest BCUT2D eigenvalue weighted by Gasteiger charge is 2.31. The Labute approximate surface area is 114 Å². The molecule has 19 heavy (non-hydrogen) atoms. The minimum atomic E-state index is -0.467. The molecule has 2 heterocycles. The Morgan fingerprint density at radius 2 is 2.37 bits per heavy atom. The van der Waals surface area contributed by atoms with Crippen molar-refractivity contribution in [3.05, 3.63) is 25.9 Å². The van der Waals surface area contributed by atoms with Gasteiger partial charge in [0.2, 0.25) is 0 Å². The second-order valence-electron chi connectivity index (χ2n) is 4.85. The summed E-state index contributed by atoms with van der Waals surface area (Å²) in [6.45, 7) is 4.47. The van der Waals surface area contributed by atoms with Crippen LogP contribution < -0.4 is 0 Å². The van der Waals surface area contributed by atoms with E-state index in [1.165, 1.54) is 6.07 Å². The predicted octanol–water partition coefficient (Wildman–Crippen LogP) is 1.81. The van der Waals surface area contributed by atoms with Gasteiger partial charge in [0.1, 0.15) is 0 Å². The first-order valence-corrected chi connectivity index (χ1v) is 6.94. The van der Waals surface area contributed by atoms with Crippen molar-refractivity contribution < 1.29 is 14.8 Å². The van der Waals surface area contributed by atoms with E-state index in [0.29, 0.717) is 22.8 Å². The van der Waals surface area contributed by atoms with Gasteiger partial charge in [0.25, 0.3) is 11.6 Å². The molecule has 2 rings (SSSR count). The van der Waals surface area contributed by atoms with Crippen molar-refractivity contribution in [1.82, 2.24) is 4.90 Å². The number of aliphatic hydroxyl groups excluding tert-OH is 1. The third-order valence-corrected chi connectivity index (χ3v) is 4.52. The molecule has 0 radical (unpaired) electrons. The molecule has 0 spiro atoms. The number of hydrogen-bond acceptors (Lipinski definition) is 5. The molecule has 1 saturated heterocycles. The standard InChI is InChI=1S/C12H16N2O4S/c1-7(15)9-3-4-13(6-9)12(16)11-5-10(14(17)18)8(2)19-11/h5,7,9,15H,3-4,6H2,1-2H3. The molecule has 0 saturated carbocycles. The minimum absolute atomic E-state index is 0.000349. The summed E-state index contributed by atoms with van der Waals surface area (Å²) in [4.78, 5) is 25.1. The molecular weight excluding hydrogens is 268 g/mol. The molecular formula is C12H16N2O4S. The number of aryl methyl sites for hydroxylation is 1. The van der Waals surface area contributed by atoms with Gasteiger partial charge in [0.15, 0.2) is 0 Å². The van der Waals surface area contributed by atoms with Crippen LogP contribution in [0, 0.1) is 23.0 Å². The summed E-state index contributed by atoms with van der Waals surface area (Å²) in [5.41, 5.74) is -0.000349. The highest BCUT2D eigenvalue weighted by Crippen LogP contribution is 2.30. The number of aliphatic hydroxyl groups is 1. The molecule has 1 aromatic rings. The molecule has 1 aliphatic rings. The van der Waals surface area contributed by atoms with Gasteiger partial charge in [-0.05, 0) is 20.3 Å². The molecule has 1 aliphatic heterocycles. The number of hydrogen-bond donors (Lipinski definition) is 1. The topological polar surface area (TPSA) is 83.7 Å². The molecule has 2 unspecified atom stereocenters. The van der Waals surface area contributed by atoms with E-state index in [-0.39, 0.29) is 17.5 Å². The fourth-order valence-electron chi connectivity index (χ4n) is 2.28. The highest BCUT2D eigenvalue weighted by molar-refractivity contribution is 7.14. The van der Waals surface area contributed by atoms with E-state index in [9.17, 15) is 20.0 Å². The van der Waals surface area contributed by atoms with Crippen LogP contribution in [0.4, 0.5) is 5.69 Å². The Hall–Kier alpha value is -1.47. The van der Waals surface area contributed by atoms with Crippen molar-refractivity contribution in [3.63, 3.8) is 0 Å². The predicted molar refractivity (Wildman–Crippen MR) is 71.4 cm³/mol. The van der Waals surface area contributed by atoms with Crippen molar-refractivity contribution in [2.75, 3.05) is 13.1 Å². The monoisotopic (exact) mass is 284 g/mol. The maximum Gasteiger partial charge on any atom is 0.283 e. The third kappa shape index (κ3) is 2.76.